The number of benzene rings is 2. The van der Waals surface area contributed by atoms with Crippen LogP contribution < -0.4 is 10.2 Å². The van der Waals surface area contributed by atoms with Crippen molar-refractivity contribution in [3.63, 3.8) is 0 Å². The first-order valence-corrected chi connectivity index (χ1v) is 19.9. The summed E-state index contributed by atoms with van der Waals surface area (Å²) in [6.07, 6.45) is 1.34. The molecule has 4 aliphatic heterocycles. The molecule has 6 atom stereocenters. The molecule has 5 aromatic rings. The van der Waals surface area contributed by atoms with E-state index in [2.05, 4.69) is 36.8 Å². The third-order valence-corrected chi connectivity index (χ3v) is 13.6. The predicted octanol–water partition coefficient (Wildman–Crippen LogP) is 9.12. The molecule has 0 unspecified atom stereocenters. The summed E-state index contributed by atoms with van der Waals surface area (Å²) in [4.78, 5) is 27.9. The molecular weight excluding hydrogens is 746 g/mol. The predicted molar refractivity (Wildman–Crippen MR) is 206 cm³/mol. The molecule has 2 aromatic carbocycles. The number of rotatable bonds is 8. The van der Waals surface area contributed by atoms with E-state index >= 15 is 4.39 Å². The Morgan fingerprint density at radius 1 is 1.05 bits per heavy atom. The first-order chi connectivity index (χ1) is 26.6. The van der Waals surface area contributed by atoms with Gasteiger partial charge in [-0.2, -0.15) is 5.26 Å². The van der Waals surface area contributed by atoms with Crippen LogP contribution in [-0.2, 0) is 11.2 Å². The normalized spacial score (nSPS) is 25.6. The molecule has 1 N–H and O–H groups in total. The fraction of sp³-hybridized carbons (Fsp3) is 0.429. The summed E-state index contributed by atoms with van der Waals surface area (Å²) in [5.41, 5.74) is 3.90. The number of nitrogens with zero attached hydrogens (tertiary/aromatic N) is 6. The van der Waals surface area contributed by atoms with Crippen LogP contribution in [0.5, 0.6) is 0 Å². The van der Waals surface area contributed by atoms with Gasteiger partial charge in [0.1, 0.15) is 17.0 Å². The van der Waals surface area contributed by atoms with Crippen molar-refractivity contribution in [3.8, 4) is 17.2 Å². The number of hydrogen-bond donors (Lipinski definition) is 1. The van der Waals surface area contributed by atoms with Crippen LogP contribution in [-0.4, -0.2) is 57.1 Å². The van der Waals surface area contributed by atoms with Gasteiger partial charge < -0.3 is 19.7 Å². The zero-order chi connectivity index (χ0) is 37.9. The van der Waals surface area contributed by atoms with Crippen LogP contribution in [0.4, 0.5) is 19.0 Å². The molecule has 7 heterocycles. The number of carbonyl (C=O) groups is 1. The molecule has 55 heavy (non-hydrogen) atoms. The van der Waals surface area contributed by atoms with Gasteiger partial charge in [0.25, 0.3) is 6.43 Å². The van der Waals surface area contributed by atoms with Crippen molar-refractivity contribution in [1.82, 2.24) is 24.8 Å². The van der Waals surface area contributed by atoms with Gasteiger partial charge in [-0.3, -0.25) is 4.79 Å². The van der Waals surface area contributed by atoms with Crippen LogP contribution in [0.25, 0.3) is 32.9 Å². The minimum Gasteiger partial charge on any atom is -0.354 e. The van der Waals surface area contributed by atoms with Crippen molar-refractivity contribution in [2.45, 2.75) is 76.0 Å². The van der Waals surface area contributed by atoms with Crippen molar-refractivity contribution in [2.75, 3.05) is 24.5 Å². The lowest BCUT2D eigenvalue weighted by molar-refractivity contribution is -0.135. The quantitative estimate of drug-likeness (QED) is 0.169. The van der Waals surface area contributed by atoms with Crippen molar-refractivity contribution in [1.29, 1.82) is 5.26 Å². The monoisotopic (exact) mass is 783 g/mol. The third-order valence-electron chi connectivity index (χ3n) is 12.8. The highest BCUT2D eigenvalue weighted by molar-refractivity contribution is 6.43. The number of hydrogen-bond acceptors (Lipinski definition) is 6. The SMILES string of the molecule is Cc1nc2c(F)c(-c3cccc(Cl)c3Cl)c(CCC#N)cc2c2c1cc([C@H]1[C@H]3C[C@H](CN(c4cccc(C(F)F)n4)C3)N1C(=O)C1CC1)n2[C@H]1[C@H]2CN[C@@H]1C2. The molecule has 0 spiro atoms. The number of halogens is 5. The van der Waals surface area contributed by atoms with Gasteiger partial charge in [-0.1, -0.05) is 41.4 Å². The summed E-state index contributed by atoms with van der Waals surface area (Å²) in [7, 11) is 0. The molecule has 1 amide bonds. The average Bonchev–Trinajstić information content (AvgIpc) is 3.46. The van der Waals surface area contributed by atoms with Crippen LogP contribution >= 0.6 is 23.2 Å². The van der Waals surface area contributed by atoms with Gasteiger partial charge >= 0.3 is 0 Å². The van der Waals surface area contributed by atoms with E-state index in [-0.39, 0.29) is 64.6 Å². The topological polar surface area (TPSA) is 90.1 Å². The minimum atomic E-state index is -2.68. The summed E-state index contributed by atoms with van der Waals surface area (Å²) in [6.45, 7) is 3.84. The number of aromatic nitrogens is 3. The van der Waals surface area contributed by atoms with Crippen molar-refractivity contribution >= 4 is 56.7 Å². The average molecular weight is 785 g/mol. The molecule has 4 saturated heterocycles. The number of piperidine rings is 1. The van der Waals surface area contributed by atoms with E-state index in [0.29, 0.717) is 64.0 Å². The van der Waals surface area contributed by atoms with Crippen LogP contribution in [0, 0.1) is 41.8 Å². The number of amides is 1. The Balaban J connectivity index is 1.19. The van der Waals surface area contributed by atoms with E-state index in [0.717, 1.165) is 48.8 Å². The summed E-state index contributed by atoms with van der Waals surface area (Å²) in [6, 6.07) is 16.2. The minimum absolute atomic E-state index is 0.00577. The van der Waals surface area contributed by atoms with E-state index in [1.54, 1.807) is 30.3 Å². The van der Waals surface area contributed by atoms with Gasteiger partial charge in [0.2, 0.25) is 5.91 Å². The van der Waals surface area contributed by atoms with Crippen molar-refractivity contribution < 1.29 is 18.0 Å². The Hall–Kier alpha value is -4.37. The van der Waals surface area contributed by atoms with Crippen molar-refractivity contribution in [2.24, 2.45) is 17.8 Å². The summed E-state index contributed by atoms with van der Waals surface area (Å²) >= 11 is 13.1. The van der Waals surface area contributed by atoms with Gasteiger partial charge in [0, 0.05) is 77.2 Å². The van der Waals surface area contributed by atoms with Crippen LogP contribution in [0.2, 0.25) is 10.0 Å². The molecule has 6 fully saturated rings. The molecule has 0 radical (unpaired) electrons. The van der Waals surface area contributed by atoms with E-state index in [1.807, 2.05) is 13.0 Å². The highest BCUT2D eigenvalue weighted by atomic mass is 35.5. The molecule has 2 aliphatic carbocycles. The maximum Gasteiger partial charge on any atom is 0.280 e. The number of nitrogens with one attached hydrogen (secondary N) is 1. The second-order valence-electron chi connectivity index (χ2n) is 16.0. The van der Waals surface area contributed by atoms with Gasteiger partial charge in [0.05, 0.1) is 39.8 Å². The maximum atomic E-state index is 17.3. The lowest BCUT2D eigenvalue weighted by Gasteiger charge is -2.40. The first kappa shape index (κ1) is 35.1. The Labute approximate surface area is 326 Å². The molecule has 3 aromatic heterocycles. The number of alkyl halides is 2. The molecular formula is C42H38Cl2F3N7O. The molecule has 6 aliphatic rings. The van der Waals surface area contributed by atoms with E-state index < -0.39 is 12.2 Å². The van der Waals surface area contributed by atoms with Crippen LogP contribution in [0.15, 0.2) is 48.5 Å². The highest BCUT2D eigenvalue weighted by Gasteiger charge is 2.55. The summed E-state index contributed by atoms with van der Waals surface area (Å²) in [5, 5.41) is 15.4. The van der Waals surface area contributed by atoms with Gasteiger partial charge in [-0.25, -0.2) is 23.1 Å². The smallest absolute Gasteiger partial charge is 0.280 e. The van der Waals surface area contributed by atoms with Crippen LogP contribution in [0.1, 0.15) is 73.3 Å². The van der Waals surface area contributed by atoms with Gasteiger partial charge in [0.15, 0.2) is 5.82 Å². The standard InChI is InChI=1S/C42H38Cl2F3N7O/c1-20-27-16-32(39-24-13-25(53(39)42(55)21-10-11-21)19-52(18-24)33-9-3-8-30(51-33)41(46)47)54(38-23-15-31(38)49-17-23)40(27)28-14-22(5-4-12-48)34(36(45)37(28)50-20)26-6-2-7-29(43)35(26)44/h2-3,6-9,14,16,21,23-25,31,38-39,41,49H,4-5,10-11,13,15,17-19H2,1H3/t23-,24+,25-,31-,38+,39-/m1/s1. The maximum absolute atomic E-state index is 17.3. The van der Waals surface area contributed by atoms with E-state index in [9.17, 15) is 18.8 Å². The molecule has 282 valence electrons. The number of aryl methyl sites for hydroxylation is 2. The second-order valence-corrected chi connectivity index (χ2v) is 16.8. The Kier molecular flexibility index (Phi) is 8.36. The van der Waals surface area contributed by atoms with E-state index in [4.69, 9.17) is 28.2 Å². The fourth-order valence-electron chi connectivity index (χ4n) is 10.2. The number of likely N-dealkylation sites (tertiary alicyclic amines) is 1. The fourth-order valence-corrected chi connectivity index (χ4v) is 10.6. The number of anilines is 1. The Morgan fingerprint density at radius 2 is 1.87 bits per heavy atom. The molecule has 4 bridgehead atoms. The number of carbonyl (C=O) groups excluding carboxylic acids is 1. The zero-order valence-corrected chi connectivity index (χ0v) is 31.6. The summed E-state index contributed by atoms with van der Waals surface area (Å²) < 4.78 is 47.2. The second kappa shape index (κ2) is 13.1. The summed E-state index contributed by atoms with van der Waals surface area (Å²) in [5.74, 6) is 0.476. The van der Waals surface area contributed by atoms with Crippen molar-refractivity contribution in [3.05, 3.63) is 87.0 Å². The molecule has 8 nitrogen and oxygen atoms in total. The van der Waals surface area contributed by atoms with E-state index in [1.165, 1.54) is 6.07 Å². The number of pyridine rings is 2. The lowest BCUT2D eigenvalue weighted by Crippen LogP contribution is -2.45. The zero-order valence-electron chi connectivity index (χ0n) is 30.1. The molecule has 2 saturated carbocycles. The molecule has 11 rings (SSSR count). The van der Waals surface area contributed by atoms with Crippen LogP contribution in [0.3, 0.4) is 0 Å². The number of nitriles is 1. The lowest BCUT2D eigenvalue weighted by atomic mass is 9.79. The molecule has 13 heteroatoms. The Morgan fingerprint density at radius 3 is 2.60 bits per heavy atom. The van der Waals surface area contributed by atoms with Gasteiger partial charge in [-0.15, -0.1) is 0 Å². The van der Waals surface area contributed by atoms with Gasteiger partial charge in [-0.05, 0) is 80.8 Å². The highest BCUT2D eigenvalue weighted by Crippen LogP contribution is 2.54. The third kappa shape index (κ3) is 5.46. The Bertz CT molecular complexity index is 2450. The largest absolute Gasteiger partial charge is 0.354 e. The number of fused-ring (bicyclic) bond motifs is 6. The first-order valence-electron chi connectivity index (χ1n) is 19.2.